The largest absolute Gasteiger partial charge is 0.379 e. The highest BCUT2D eigenvalue weighted by Gasteiger charge is 1.96. The molecule has 0 aromatic rings. The van der Waals surface area contributed by atoms with Crippen LogP contribution in [0.5, 0.6) is 0 Å². The molecule has 7 heteroatoms. The van der Waals surface area contributed by atoms with Crippen molar-refractivity contribution >= 4 is 45.2 Å². The van der Waals surface area contributed by atoms with Crippen molar-refractivity contribution in [3.8, 4) is 0 Å². The van der Waals surface area contributed by atoms with Gasteiger partial charge in [-0.1, -0.05) is 45.2 Å². The van der Waals surface area contributed by atoms with Crippen LogP contribution in [0.2, 0.25) is 0 Å². The quantitative estimate of drug-likeness (QED) is 0.196. The Morgan fingerprint density at radius 3 is 1.37 bits per heavy atom. The van der Waals surface area contributed by atoms with Crippen molar-refractivity contribution in [1.82, 2.24) is 0 Å². The average molecular weight is 502 g/mol. The Morgan fingerprint density at radius 1 is 0.632 bits per heavy atom. The van der Waals surface area contributed by atoms with E-state index in [2.05, 4.69) is 45.2 Å². The summed E-state index contributed by atoms with van der Waals surface area (Å²) in [5.41, 5.74) is 0. The van der Waals surface area contributed by atoms with Gasteiger partial charge in [-0.25, -0.2) is 0 Å². The van der Waals surface area contributed by atoms with E-state index in [1.165, 1.54) is 0 Å². The Morgan fingerprint density at radius 2 is 1.00 bits per heavy atom. The van der Waals surface area contributed by atoms with Crippen LogP contribution < -0.4 is 0 Å². The van der Waals surface area contributed by atoms with Gasteiger partial charge in [-0.15, -0.1) is 0 Å². The van der Waals surface area contributed by atoms with E-state index in [1.807, 2.05) is 6.92 Å². The Kier molecular flexibility index (Phi) is 18.5. The van der Waals surface area contributed by atoms with Gasteiger partial charge in [0.25, 0.3) is 0 Å². The van der Waals surface area contributed by atoms with Gasteiger partial charge in [0, 0.05) is 6.61 Å². The lowest BCUT2D eigenvalue weighted by Crippen LogP contribution is -2.13. The molecule has 0 radical (unpaired) electrons. The lowest BCUT2D eigenvalue weighted by Gasteiger charge is -2.07. The number of alkyl halides is 2. The fourth-order valence-corrected chi connectivity index (χ4v) is 1.60. The van der Waals surface area contributed by atoms with E-state index >= 15 is 0 Å². The molecule has 0 spiro atoms. The second-order valence-electron chi connectivity index (χ2n) is 3.50. The fraction of sp³-hybridized carbons (Fsp3) is 1.00. The third kappa shape index (κ3) is 19.3. The van der Waals surface area contributed by atoms with Crippen LogP contribution in [0.25, 0.3) is 0 Å². The summed E-state index contributed by atoms with van der Waals surface area (Å²) in [6, 6.07) is 0. The summed E-state index contributed by atoms with van der Waals surface area (Å²) in [5.74, 6) is 0. The minimum absolute atomic E-state index is 0.515. The zero-order valence-corrected chi connectivity index (χ0v) is 15.8. The third-order valence-corrected chi connectivity index (χ3v) is 2.66. The van der Waals surface area contributed by atoms with E-state index in [9.17, 15) is 0 Å². The second kappa shape index (κ2) is 17.3. The molecule has 0 atom stereocenters. The van der Waals surface area contributed by atoms with Crippen molar-refractivity contribution in [3.05, 3.63) is 0 Å². The molecule has 0 saturated heterocycles. The van der Waals surface area contributed by atoms with Gasteiger partial charge in [0.15, 0.2) is 0 Å². The van der Waals surface area contributed by atoms with Gasteiger partial charge in [-0.2, -0.15) is 0 Å². The third-order valence-electron chi connectivity index (χ3n) is 1.94. The molecular weight excluding hydrogens is 478 g/mol. The molecule has 0 aromatic heterocycles. The molecule has 0 aliphatic carbocycles. The van der Waals surface area contributed by atoms with Crippen LogP contribution in [0.4, 0.5) is 0 Å². The molecule has 0 aliphatic heterocycles. The van der Waals surface area contributed by atoms with E-state index in [1.54, 1.807) is 0 Å². The minimum atomic E-state index is 0.515. The van der Waals surface area contributed by atoms with Crippen molar-refractivity contribution < 1.29 is 23.7 Å². The van der Waals surface area contributed by atoms with Crippen molar-refractivity contribution in [2.45, 2.75) is 8.86 Å². The standard InChI is InChI=1S/C12H24I2O5/c1-2-15-3-4-16-5-6-17-7-8-18-9-10-19-11-12(13)14/h12H,2-11H2,1H3. The Balaban J connectivity index is 2.91. The summed E-state index contributed by atoms with van der Waals surface area (Å²) in [7, 11) is 0. The highest BCUT2D eigenvalue weighted by molar-refractivity contribution is 14.2. The lowest BCUT2D eigenvalue weighted by molar-refractivity contribution is -0.00922. The molecule has 116 valence electrons. The predicted octanol–water partition coefficient (Wildman–Crippen LogP) is 2.29. The zero-order chi connectivity index (χ0) is 14.2. The number of hydrogen-bond acceptors (Lipinski definition) is 5. The monoisotopic (exact) mass is 502 g/mol. The molecule has 0 aliphatic rings. The molecule has 0 fully saturated rings. The van der Waals surface area contributed by atoms with Gasteiger partial charge >= 0.3 is 0 Å². The van der Waals surface area contributed by atoms with Gasteiger partial charge in [0.05, 0.1) is 61.4 Å². The topological polar surface area (TPSA) is 46.2 Å². The average Bonchev–Trinajstić information content (AvgIpc) is 2.39. The fourth-order valence-electron chi connectivity index (χ4n) is 1.09. The van der Waals surface area contributed by atoms with Crippen LogP contribution in [-0.2, 0) is 23.7 Å². The summed E-state index contributed by atoms with van der Waals surface area (Å²) in [6.07, 6.45) is 0. The molecule has 0 bridgehead atoms. The number of rotatable bonds is 15. The van der Waals surface area contributed by atoms with E-state index in [0.717, 1.165) is 13.2 Å². The van der Waals surface area contributed by atoms with Crippen LogP contribution in [0.15, 0.2) is 0 Å². The van der Waals surface area contributed by atoms with E-state index in [0.29, 0.717) is 54.8 Å². The molecule has 0 amide bonds. The smallest absolute Gasteiger partial charge is 0.0859 e. The van der Waals surface area contributed by atoms with Gasteiger partial charge in [-0.3, -0.25) is 0 Å². The molecule has 5 nitrogen and oxygen atoms in total. The van der Waals surface area contributed by atoms with Crippen molar-refractivity contribution in [3.63, 3.8) is 0 Å². The minimum Gasteiger partial charge on any atom is -0.379 e. The van der Waals surface area contributed by atoms with Gasteiger partial charge in [0.2, 0.25) is 0 Å². The van der Waals surface area contributed by atoms with Gasteiger partial charge in [-0.05, 0) is 6.92 Å². The highest BCUT2D eigenvalue weighted by atomic mass is 127. The van der Waals surface area contributed by atoms with Crippen LogP contribution >= 0.6 is 45.2 Å². The van der Waals surface area contributed by atoms with Crippen LogP contribution in [0.1, 0.15) is 6.92 Å². The molecule has 0 heterocycles. The Bertz CT molecular complexity index is 172. The summed E-state index contributed by atoms with van der Waals surface area (Å²) in [6.45, 7) is 8.38. The summed E-state index contributed by atoms with van der Waals surface area (Å²) in [4.78, 5) is 0. The molecule has 0 saturated carbocycles. The number of hydrogen-bond donors (Lipinski definition) is 0. The van der Waals surface area contributed by atoms with E-state index in [-0.39, 0.29) is 0 Å². The van der Waals surface area contributed by atoms with E-state index in [4.69, 9.17) is 23.7 Å². The van der Waals surface area contributed by atoms with Crippen molar-refractivity contribution in [1.29, 1.82) is 0 Å². The van der Waals surface area contributed by atoms with Crippen LogP contribution in [-0.4, -0.2) is 68.0 Å². The first-order chi connectivity index (χ1) is 9.27. The number of ether oxygens (including phenoxy) is 5. The molecule has 0 unspecified atom stereocenters. The molecule has 19 heavy (non-hydrogen) atoms. The molecule has 0 aromatic carbocycles. The Hall–Kier alpha value is 1.26. The maximum absolute atomic E-state index is 5.37. The number of halogens is 2. The lowest BCUT2D eigenvalue weighted by atomic mass is 10.7. The van der Waals surface area contributed by atoms with Gasteiger partial charge < -0.3 is 23.7 Å². The predicted molar refractivity (Wildman–Crippen MR) is 91.6 cm³/mol. The zero-order valence-electron chi connectivity index (χ0n) is 11.4. The van der Waals surface area contributed by atoms with Crippen molar-refractivity contribution in [2.75, 3.05) is 66.1 Å². The first-order valence-corrected chi connectivity index (χ1v) is 8.93. The second-order valence-corrected chi connectivity index (χ2v) is 8.89. The maximum Gasteiger partial charge on any atom is 0.0859 e. The summed E-state index contributed by atoms with van der Waals surface area (Å²) in [5, 5.41) is 0. The Labute approximate surface area is 143 Å². The summed E-state index contributed by atoms with van der Waals surface area (Å²) < 4.78 is 27.0. The molecule has 0 rings (SSSR count). The highest BCUT2D eigenvalue weighted by Crippen LogP contribution is 2.08. The summed E-state index contributed by atoms with van der Waals surface area (Å²) >= 11 is 4.64. The maximum atomic E-state index is 5.37. The van der Waals surface area contributed by atoms with Crippen LogP contribution in [0.3, 0.4) is 0 Å². The molecular formula is C12H24I2O5. The van der Waals surface area contributed by atoms with E-state index < -0.39 is 0 Å². The molecule has 0 N–H and O–H groups in total. The van der Waals surface area contributed by atoms with Crippen molar-refractivity contribution in [2.24, 2.45) is 0 Å². The van der Waals surface area contributed by atoms with Crippen LogP contribution in [0, 0.1) is 0 Å². The SMILES string of the molecule is CCOCCOCCOCCOCCOCC(I)I. The first kappa shape index (κ1) is 20.3. The normalized spacial score (nSPS) is 11.4. The first-order valence-electron chi connectivity index (χ1n) is 6.44. The van der Waals surface area contributed by atoms with Gasteiger partial charge in [0.1, 0.15) is 0 Å².